The Balaban J connectivity index is 1.95. The van der Waals surface area contributed by atoms with Crippen molar-refractivity contribution in [1.29, 1.82) is 0 Å². The van der Waals surface area contributed by atoms with Crippen LogP contribution in [0.25, 0.3) is 11.4 Å². The van der Waals surface area contributed by atoms with E-state index >= 15 is 0 Å². The van der Waals surface area contributed by atoms with Gasteiger partial charge in [-0.15, -0.1) is 0 Å². The number of aromatic nitrogens is 2. The van der Waals surface area contributed by atoms with E-state index in [-0.39, 0.29) is 11.4 Å². The Bertz CT molecular complexity index is 627. The lowest BCUT2D eigenvalue weighted by Gasteiger charge is -2.20. The number of rotatable bonds is 5. The van der Waals surface area contributed by atoms with E-state index in [4.69, 9.17) is 9.26 Å². The highest BCUT2D eigenvalue weighted by atomic mass is 16.5. The van der Waals surface area contributed by atoms with Crippen molar-refractivity contribution in [3.8, 4) is 17.1 Å². The van der Waals surface area contributed by atoms with Crippen molar-refractivity contribution in [2.24, 2.45) is 0 Å². The largest absolute Gasteiger partial charge is 0.497 e. The van der Waals surface area contributed by atoms with Gasteiger partial charge in [0.1, 0.15) is 5.75 Å². The van der Waals surface area contributed by atoms with E-state index in [1.165, 1.54) is 0 Å². The summed E-state index contributed by atoms with van der Waals surface area (Å²) < 4.78 is 10.3. The first kappa shape index (κ1) is 16.0. The second-order valence-electron chi connectivity index (χ2n) is 6.04. The maximum atomic E-state index is 11.8. The number of nitrogens with zero attached hydrogens (tertiary/aromatic N) is 2. The molecule has 1 aromatic heterocycles. The molecule has 6 heteroatoms. The smallest absolute Gasteiger partial charge is 0.227 e. The molecule has 2 rings (SSSR count). The summed E-state index contributed by atoms with van der Waals surface area (Å²) in [5, 5.41) is 6.83. The minimum absolute atomic E-state index is 0.0308. The first-order valence-corrected chi connectivity index (χ1v) is 7.15. The number of methoxy groups -OCH3 is 1. The fourth-order valence-electron chi connectivity index (χ4n) is 1.91. The van der Waals surface area contributed by atoms with Gasteiger partial charge in [-0.3, -0.25) is 4.79 Å². The number of benzene rings is 1. The van der Waals surface area contributed by atoms with E-state index in [9.17, 15) is 4.79 Å². The van der Waals surface area contributed by atoms with E-state index in [1.807, 2.05) is 45.0 Å². The van der Waals surface area contributed by atoms with Gasteiger partial charge >= 0.3 is 0 Å². The fraction of sp³-hybridized carbons (Fsp3) is 0.438. The van der Waals surface area contributed by atoms with E-state index < -0.39 is 0 Å². The first-order chi connectivity index (χ1) is 10.4. The molecule has 1 aromatic carbocycles. The third-order valence-electron chi connectivity index (χ3n) is 2.90. The van der Waals surface area contributed by atoms with Crippen LogP contribution in [0.4, 0.5) is 0 Å². The van der Waals surface area contributed by atoms with Crippen molar-refractivity contribution in [3.05, 3.63) is 30.2 Å². The second-order valence-corrected chi connectivity index (χ2v) is 6.04. The quantitative estimate of drug-likeness (QED) is 0.918. The fourth-order valence-corrected chi connectivity index (χ4v) is 1.91. The molecule has 0 saturated carbocycles. The van der Waals surface area contributed by atoms with Crippen LogP contribution in [0.15, 0.2) is 28.8 Å². The summed E-state index contributed by atoms with van der Waals surface area (Å²) in [6, 6.07) is 7.39. The maximum absolute atomic E-state index is 11.8. The molecule has 0 fully saturated rings. The maximum Gasteiger partial charge on any atom is 0.227 e. The molecule has 0 saturated heterocycles. The molecule has 1 amide bonds. The van der Waals surface area contributed by atoms with Crippen molar-refractivity contribution in [2.45, 2.75) is 39.2 Å². The molecule has 0 spiro atoms. The van der Waals surface area contributed by atoms with Crippen LogP contribution in [0.5, 0.6) is 5.75 Å². The molecule has 1 heterocycles. The third kappa shape index (κ3) is 4.58. The normalized spacial score (nSPS) is 11.3. The highest BCUT2D eigenvalue weighted by Crippen LogP contribution is 2.20. The van der Waals surface area contributed by atoms with Gasteiger partial charge in [0.2, 0.25) is 17.6 Å². The molecule has 6 nitrogen and oxygen atoms in total. The second kappa shape index (κ2) is 6.60. The zero-order valence-corrected chi connectivity index (χ0v) is 13.3. The minimum atomic E-state index is -0.236. The SMILES string of the molecule is COc1ccc(-c2noc(CCC(=O)NC(C)(C)C)n2)cc1. The van der Waals surface area contributed by atoms with Crippen molar-refractivity contribution < 1.29 is 14.1 Å². The third-order valence-corrected chi connectivity index (χ3v) is 2.90. The topological polar surface area (TPSA) is 77.2 Å². The Morgan fingerprint density at radius 1 is 1.27 bits per heavy atom. The average molecular weight is 303 g/mol. The molecule has 0 aliphatic heterocycles. The Hall–Kier alpha value is -2.37. The van der Waals surface area contributed by atoms with E-state index in [1.54, 1.807) is 7.11 Å². The molecular weight excluding hydrogens is 282 g/mol. The minimum Gasteiger partial charge on any atom is -0.497 e. The van der Waals surface area contributed by atoms with Gasteiger partial charge < -0.3 is 14.6 Å². The van der Waals surface area contributed by atoms with Crippen LogP contribution in [-0.4, -0.2) is 28.7 Å². The number of ether oxygens (including phenoxy) is 1. The summed E-state index contributed by atoms with van der Waals surface area (Å²) in [7, 11) is 1.62. The molecule has 0 aliphatic rings. The molecule has 1 N–H and O–H groups in total. The molecule has 0 bridgehead atoms. The highest BCUT2D eigenvalue weighted by Gasteiger charge is 2.15. The van der Waals surface area contributed by atoms with Crippen LogP contribution >= 0.6 is 0 Å². The lowest BCUT2D eigenvalue weighted by atomic mass is 10.1. The molecule has 0 radical (unpaired) electrons. The number of aryl methyl sites for hydroxylation is 1. The van der Waals surface area contributed by atoms with Crippen molar-refractivity contribution in [3.63, 3.8) is 0 Å². The Morgan fingerprint density at radius 2 is 1.95 bits per heavy atom. The number of hydrogen-bond donors (Lipinski definition) is 1. The number of nitrogens with one attached hydrogen (secondary N) is 1. The number of carbonyl (C=O) groups is 1. The summed E-state index contributed by atoms with van der Waals surface area (Å²) in [5.74, 6) is 1.70. The number of hydrogen-bond acceptors (Lipinski definition) is 5. The molecule has 22 heavy (non-hydrogen) atoms. The van der Waals surface area contributed by atoms with Gasteiger partial charge in [-0.1, -0.05) is 5.16 Å². The van der Waals surface area contributed by atoms with Crippen molar-refractivity contribution in [2.75, 3.05) is 7.11 Å². The van der Waals surface area contributed by atoms with Crippen LogP contribution in [0.1, 0.15) is 33.1 Å². The van der Waals surface area contributed by atoms with Crippen molar-refractivity contribution in [1.82, 2.24) is 15.5 Å². The van der Waals surface area contributed by atoms with Crippen LogP contribution in [-0.2, 0) is 11.2 Å². The van der Waals surface area contributed by atoms with Gasteiger partial charge in [0.25, 0.3) is 0 Å². The van der Waals surface area contributed by atoms with Gasteiger partial charge in [0, 0.05) is 23.9 Å². The molecule has 118 valence electrons. The van der Waals surface area contributed by atoms with Crippen LogP contribution in [0, 0.1) is 0 Å². The monoisotopic (exact) mass is 303 g/mol. The molecule has 2 aromatic rings. The first-order valence-electron chi connectivity index (χ1n) is 7.15. The predicted molar refractivity (Wildman–Crippen MR) is 82.5 cm³/mol. The summed E-state index contributed by atoms with van der Waals surface area (Å²) >= 11 is 0. The van der Waals surface area contributed by atoms with Crippen LogP contribution in [0.2, 0.25) is 0 Å². The van der Waals surface area contributed by atoms with Crippen LogP contribution in [0.3, 0.4) is 0 Å². The highest BCUT2D eigenvalue weighted by molar-refractivity contribution is 5.76. The average Bonchev–Trinajstić information content (AvgIpc) is 2.92. The van der Waals surface area contributed by atoms with Gasteiger partial charge in [-0.2, -0.15) is 4.98 Å². The summed E-state index contributed by atoms with van der Waals surface area (Å²) in [5.41, 5.74) is 0.607. The van der Waals surface area contributed by atoms with Gasteiger partial charge in [0.05, 0.1) is 7.11 Å². The van der Waals surface area contributed by atoms with Crippen molar-refractivity contribution >= 4 is 5.91 Å². The molecular formula is C16H21N3O3. The molecule has 0 aliphatic carbocycles. The Morgan fingerprint density at radius 3 is 2.55 bits per heavy atom. The Labute approximate surface area is 129 Å². The standard InChI is InChI=1S/C16H21N3O3/c1-16(2,3)18-13(20)9-10-14-17-15(19-22-14)11-5-7-12(21-4)8-6-11/h5-8H,9-10H2,1-4H3,(H,18,20). The Kier molecular flexibility index (Phi) is 4.80. The summed E-state index contributed by atoms with van der Waals surface area (Å²) in [6.45, 7) is 5.83. The van der Waals surface area contributed by atoms with Gasteiger partial charge in [-0.25, -0.2) is 0 Å². The molecule has 0 unspecified atom stereocenters. The van der Waals surface area contributed by atoms with Crippen LogP contribution < -0.4 is 10.1 Å². The number of amides is 1. The van der Waals surface area contributed by atoms with Gasteiger partial charge in [-0.05, 0) is 45.0 Å². The predicted octanol–water partition coefficient (Wildman–Crippen LogP) is 2.59. The number of carbonyl (C=O) groups excluding carboxylic acids is 1. The molecule has 0 atom stereocenters. The zero-order valence-electron chi connectivity index (χ0n) is 13.3. The van der Waals surface area contributed by atoms with E-state index in [2.05, 4.69) is 15.5 Å². The van der Waals surface area contributed by atoms with Gasteiger partial charge in [0.15, 0.2) is 0 Å². The lowest BCUT2D eigenvalue weighted by molar-refractivity contribution is -0.122. The zero-order chi connectivity index (χ0) is 16.2. The summed E-state index contributed by atoms with van der Waals surface area (Å²) in [4.78, 5) is 16.1. The summed E-state index contributed by atoms with van der Waals surface area (Å²) in [6.07, 6.45) is 0.743. The van der Waals surface area contributed by atoms with E-state index in [0.717, 1.165) is 11.3 Å². The van der Waals surface area contributed by atoms with E-state index in [0.29, 0.717) is 24.6 Å². The lowest BCUT2D eigenvalue weighted by Crippen LogP contribution is -2.40.